The van der Waals surface area contributed by atoms with Crippen molar-refractivity contribution >= 4 is 5.95 Å². The lowest BCUT2D eigenvalue weighted by Crippen LogP contribution is -2.06. The Kier molecular flexibility index (Phi) is 3.64. The second kappa shape index (κ2) is 5.60. The lowest BCUT2D eigenvalue weighted by atomic mass is 10.1. The average Bonchev–Trinajstić information content (AvgIpc) is 3.30. The molecule has 1 aromatic carbocycles. The molecule has 21 heavy (non-hydrogen) atoms. The summed E-state index contributed by atoms with van der Waals surface area (Å²) >= 11 is 0. The van der Waals surface area contributed by atoms with E-state index in [4.69, 9.17) is 9.47 Å². The molecule has 0 atom stereocenters. The lowest BCUT2D eigenvalue weighted by molar-refractivity contribution is 0.355. The molecule has 0 bridgehead atoms. The van der Waals surface area contributed by atoms with Crippen molar-refractivity contribution < 1.29 is 9.47 Å². The molecule has 110 valence electrons. The van der Waals surface area contributed by atoms with E-state index in [2.05, 4.69) is 15.3 Å². The third-order valence-corrected chi connectivity index (χ3v) is 3.58. The van der Waals surface area contributed by atoms with Crippen LogP contribution >= 0.6 is 0 Å². The summed E-state index contributed by atoms with van der Waals surface area (Å²) < 4.78 is 10.6. The van der Waals surface area contributed by atoms with Crippen molar-refractivity contribution in [3.05, 3.63) is 30.1 Å². The SMILES string of the molecule is COc1ccc(-c2cnc(NC3CC3)nc2C)cc1OC. The van der Waals surface area contributed by atoms with E-state index in [1.807, 2.05) is 31.3 Å². The lowest BCUT2D eigenvalue weighted by Gasteiger charge is -2.11. The number of ether oxygens (including phenoxy) is 2. The normalized spacial score (nSPS) is 13.9. The van der Waals surface area contributed by atoms with E-state index < -0.39 is 0 Å². The van der Waals surface area contributed by atoms with Gasteiger partial charge >= 0.3 is 0 Å². The van der Waals surface area contributed by atoms with Gasteiger partial charge in [-0.05, 0) is 37.5 Å². The standard InChI is InChI=1S/C16H19N3O2/c1-10-13(9-17-16(18-10)19-12-5-6-12)11-4-7-14(20-2)15(8-11)21-3/h4,7-9,12H,5-6H2,1-3H3,(H,17,18,19). The van der Waals surface area contributed by atoms with Crippen molar-refractivity contribution in [3.8, 4) is 22.6 Å². The molecule has 0 aliphatic heterocycles. The predicted molar refractivity (Wildman–Crippen MR) is 82.0 cm³/mol. The average molecular weight is 285 g/mol. The number of hydrogen-bond acceptors (Lipinski definition) is 5. The third kappa shape index (κ3) is 2.91. The Morgan fingerprint density at radius 1 is 1.14 bits per heavy atom. The maximum absolute atomic E-state index is 5.34. The van der Waals surface area contributed by atoms with Crippen LogP contribution in [0.3, 0.4) is 0 Å². The van der Waals surface area contributed by atoms with Crippen LogP contribution in [0, 0.1) is 6.92 Å². The first-order chi connectivity index (χ1) is 10.2. The van der Waals surface area contributed by atoms with Crippen LogP contribution in [0.1, 0.15) is 18.5 Å². The summed E-state index contributed by atoms with van der Waals surface area (Å²) in [7, 11) is 3.26. The molecule has 1 aliphatic carbocycles. The van der Waals surface area contributed by atoms with Crippen molar-refractivity contribution in [1.82, 2.24) is 9.97 Å². The predicted octanol–water partition coefficient (Wildman–Crippen LogP) is 3.04. The minimum absolute atomic E-state index is 0.552. The van der Waals surface area contributed by atoms with Crippen molar-refractivity contribution in [2.45, 2.75) is 25.8 Å². The fraction of sp³-hybridized carbons (Fsp3) is 0.375. The van der Waals surface area contributed by atoms with Crippen molar-refractivity contribution in [2.24, 2.45) is 0 Å². The number of hydrogen-bond donors (Lipinski definition) is 1. The van der Waals surface area contributed by atoms with Gasteiger partial charge in [0, 0.05) is 17.8 Å². The van der Waals surface area contributed by atoms with E-state index in [0.717, 1.165) is 16.8 Å². The van der Waals surface area contributed by atoms with Gasteiger partial charge in [-0.3, -0.25) is 0 Å². The number of methoxy groups -OCH3 is 2. The minimum Gasteiger partial charge on any atom is -0.493 e. The Labute approximate surface area is 124 Å². The zero-order chi connectivity index (χ0) is 14.8. The van der Waals surface area contributed by atoms with Crippen LogP contribution in [0.15, 0.2) is 24.4 Å². The van der Waals surface area contributed by atoms with Gasteiger partial charge in [-0.1, -0.05) is 6.07 Å². The molecule has 1 heterocycles. The zero-order valence-corrected chi connectivity index (χ0v) is 12.5. The zero-order valence-electron chi connectivity index (χ0n) is 12.5. The first-order valence-corrected chi connectivity index (χ1v) is 7.04. The maximum atomic E-state index is 5.34. The van der Waals surface area contributed by atoms with E-state index in [1.54, 1.807) is 14.2 Å². The van der Waals surface area contributed by atoms with Gasteiger partial charge in [0.15, 0.2) is 11.5 Å². The van der Waals surface area contributed by atoms with E-state index >= 15 is 0 Å². The Morgan fingerprint density at radius 3 is 2.52 bits per heavy atom. The summed E-state index contributed by atoms with van der Waals surface area (Å²) in [6.07, 6.45) is 4.27. The number of aryl methyl sites for hydroxylation is 1. The smallest absolute Gasteiger partial charge is 0.223 e. The first kappa shape index (κ1) is 13.7. The van der Waals surface area contributed by atoms with Gasteiger partial charge in [0.25, 0.3) is 0 Å². The number of nitrogens with zero attached hydrogens (tertiary/aromatic N) is 2. The van der Waals surface area contributed by atoms with Gasteiger partial charge in [0.2, 0.25) is 5.95 Å². The fourth-order valence-electron chi connectivity index (χ4n) is 2.23. The molecular weight excluding hydrogens is 266 g/mol. The van der Waals surface area contributed by atoms with E-state index in [1.165, 1.54) is 12.8 Å². The molecular formula is C16H19N3O2. The molecule has 0 spiro atoms. The first-order valence-electron chi connectivity index (χ1n) is 7.04. The maximum Gasteiger partial charge on any atom is 0.223 e. The van der Waals surface area contributed by atoms with Crippen LogP contribution in [0.25, 0.3) is 11.1 Å². The molecule has 5 nitrogen and oxygen atoms in total. The largest absolute Gasteiger partial charge is 0.493 e. The summed E-state index contributed by atoms with van der Waals surface area (Å²) in [5, 5.41) is 3.31. The second-order valence-corrected chi connectivity index (χ2v) is 5.18. The van der Waals surface area contributed by atoms with Gasteiger partial charge in [-0.15, -0.1) is 0 Å². The second-order valence-electron chi connectivity index (χ2n) is 5.18. The quantitative estimate of drug-likeness (QED) is 0.915. The van der Waals surface area contributed by atoms with Gasteiger partial charge < -0.3 is 14.8 Å². The van der Waals surface area contributed by atoms with Gasteiger partial charge in [0.05, 0.1) is 19.9 Å². The Bertz CT molecular complexity index is 654. The third-order valence-electron chi connectivity index (χ3n) is 3.58. The van der Waals surface area contributed by atoms with Gasteiger partial charge in [-0.2, -0.15) is 0 Å². The molecule has 1 saturated carbocycles. The van der Waals surface area contributed by atoms with Crippen LogP contribution in [0.2, 0.25) is 0 Å². The molecule has 1 fully saturated rings. The molecule has 1 aromatic heterocycles. The summed E-state index contributed by atoms with van der Waals surface area (Å²) in [6.45, 7) is 1.99. The molecule has 2 aromatic rings. The highest BCUT2D eigenvalue weighted by atomic mass is 16.5. The Balaban J connectivity index is 1.92. The summed E-state index contributed by atoms with van der Waals surface area (Å²) in [5.41, 5.74) is 2.96. The van der Waals surface area contributed by atoms with Crippen LogP contribution < -0.4 is 14.8 Å². The molecule has 1 N–H and O–H groups in total. The van der Waals surface area contributed by atoms with Crippen LogP contribution in [0.5, 0.6) is 11.5 Å². The molecule has 3 rings (SSSR count). The summed E-state index contributed by atoms with van der Waals surface area (Å²) in [6, 6.07) is 6.38. The van der Waals surface area contributed by atoms with E-state index in [-0.39, 0.29) is 0 Å². The fourth-order valence-corrected chi connectivity index (χ4v) is 2.23. The highest BCUT2D eigenvalue weighted by Gasteiger charge is 2.22. The topological polar surface area (TPSA) is 56.3 Å². The molecule has 0 saturated heterocycles. The van der Waals surface area contributed by atoms with E-state index in [0.29, 0.717) is 23.5 Å². The molecule has 0 radical (unpaired) electrons. The van der Waals surface area contributed by atoms with Crippen LogP contribution in [-0.4, -0.2) is 30.2 Å². The number of rotatable bonds is 5. The highest BCUT2D eigenvalue weighted by Crippen LogP contribution is 2.33. The molecule has 0 amide bonds. The van der Waals surface area contributed by atoms with Crippen molar-refractivity contribution in [3.63, 3.8) is 0 Å². The monoisotopic (exact) mass is 285 g/mol. The number of nitrogens with one attached hydrogen (secondary N) is 1. The van der Waals surface area contributed by atoms with Crippen molar-refractivity contribution in [1.29, 1.82) is 0 Å². The highest BCUT2D eigenvalue weighted by molar-refractivity contribution is 5.68. The van der Waals surface area contributed by atoms with Gasteiger partial charge in [-0.25, -0.2) is 9.97 Å². The summed E-state index contributed by atoms with van der Waals surface area (Å²) in [5.74, 6) is 2.13. The molecule has 5 heteroatoms. The molecule has 0 unspecified atom stereocenters. The minimum atomic E-state index is 0.552. The Morgan fingerprint density at radius 2 is 1.90 bits per heavy atom. The molecule has 1 aliphatic rings. The van der Waals surface area contributed by atoms with Crippen molar-refractivity contribution in [2.75, 3.05) is 19.5 Å². The number of anilines is 1. The summed E-state index contributed by atoms with van der Waals surface area (Å²) in [4.78, 5) is 8.93. The Hall–Kier alpha value is -2.30. The number of benzene rings is 1. The van der Waals surface area contributed by atoms with E-state index in [9.17, 15) is 0 Å². The number of aromatic nitrogens is 2. The van der Waals surface area contributed by atoms with Crippen LogP contribution in [-0.2, 0) is 0 Å². The van der Waals surface area contributed by atoms with Gasteiger partial charge in [0.1, 0.15) is 0 Å². The van der Waals surface area contributed by atoms with Crippen LogP contribution in [0.4, 0.5) is 5.95 Å².